The molecule has 0 bridgehead atoms. The molecule has 0 aliphatic rings. The molecule has 0 saturated heterocycles. The number of hydrogen-bond donors (Lipinski definition) is 2. The summed E-state index contributed by atoms with van der Waals surface area (Å²) in [7, 11) is 0. The minimum Gasteiger partial charge on any atom is -0.484 e. The van der Waals surface area contributed by atoms with Crippen molar-refractivity contribution in [1.29, 1.82) is 0 Å². The molecular weight excluding hydrogens is 358 g/mol. The van der Waals surface area contributed by atoms with Crippen LogP contribution in [-0.4, -0.2) is 23.4 Å². The molecule has 0 spiro atoms. The Bertz CT molecular complexity index is 938. The third kappa shape index (κ3) is 5.70. The number of carbonyl (C=O) groups excluding carboxylic acids is 2. The van der Waals surface area contributed by atoms with Crippen molar-refractivity contribution in [3.63, 3.8) is 0 Å². The molecule has 7 nitrogen and oxygen atoms in total. The van der Waals surface area contributed by atoms with E-state index in [4.69, 9.17) is 9.15 Å². The molecule has 3 rings (SSSR count). The Hall–Kier alpha value is -3.61. The molecule has 1 heterocycles. The highest BCUT2D eigenvalue weighted by Gasteiger charge is 2.10. The van der Waals surface area contributed by atoms with Gasteiger partial charge in [-0.1, -0.05) is 42.5 Å². The second-order valence-electron chi connectivity index (χ2n) is 6.19. The van der Waals surface area contributed by atoms with E-state index in [1.54, 1.807) is 12.3 Å². The van der Waals surface area contributed by atoms with Gasteiger partial charge in [0.1, 0.15) is 5.75 Å². The highest BCUT2D eigenvalue weighted by Crippen LogP contribution is 2.20. The van der Waals surface area contributed by atoms with Crippen molar-refractivity contribution in [2.24, 2.45) is 0 Å². The predicted octanol–water partition coefficient (Wildman–Crippen LogP) is 2.81. The lowest BCUT2D eigenvalue weighted by molar-refractivity contribution is -0.130. The van der Waals surface area contributed by atoms with Crippen LogP contribution in [0.3, 0.4) is 0 Å². The molecule has 2 aromatic carbocycles. The van der Waals surface area contributed by atoms with E-state index in [0.29, 0.717) is 23.8 Å². The van der Waals surface area contributed by atoms with Crippen LogP contribution in [0.4, 0.5) is 0 Å². The molecule has 0 fully saturated rings. The number of rotatable bonds is 7. The first kappa shape index (κ1) is 19.2. The van der Waals surface area contributed by atoms with E-state index < -0.39 is 5.91 Å². The molecule has 0 unspecified atom stereocenters. The number of hydrazine groups is 1. The van der Waals surface area contributed by atoms with Gasteiger partial charge in [-0.2, -0.15) is 0 Å². The van der Waals surface area contributed by atoms with E-state index in [9.17, 15) is 9.59 Å². The van der Waals surface area contributed by atoms with Gasteiger partial charge in [0.25, 0.3) is 5.91 Å². The van der Waals surface area contributed by atoms with Gasteiger partial charge in [0.2, 0.25) is 5.91 Å². The van der Waals surface area contributed by atoms with Crippen LogP contribution in [0.2, 0.25) is 0 Å². The Labute approximate surface area is 162 Å². The lowest BCUT2D eigenvalue weighted by Crippen LogP contribution is -2.43. The minimum absolute atomic E-state index is 0.133. The fraction of sp³-hybridized carbons (Fsp3) is 0.190. The average Bonchev–Trinajstić information content (AvgIpc) is 3.19. The summed E-state index contributed by atoms with van der Waals surface area (Å²) >= 11 is 0. The van der Waals surface area contributed by atoms with Gasteiger partial charge in [0.15, 0.2) is 18.3 Å². The normalized spacial score (nSPS) is 10.3. The van der Waals surface area contributed by atoms with Crippen molar-refractivity contribution in [2.75, 3.05) is 6.61 Å². The fourth-order valence-electron chi connectivity index (χ4n) is 2.47. The van der Waals surface area contributed by atoms with Gasteiger partial charge in [-0.15, -0.1) is 0 Å². The van der Waals surface area contributed by atoms with Crippen LogP contribution in [0.15, 0.2) is 65.2 Å². The Balaban J connectivity index is 1.37. The first-order valence-electron chi connectivity index (χ1n) is 8.87. The number of aromatic nitrogens is 1. The summed E-state index contributed by atoms with van der Waals surface area (Å²) in [6, 6.07) is 17.0. The standard InChI is InChI=1S/C21H21N3O4/c1-15-6-5-9-17(12-15)27-14-20(26)24-23-19(25)10-11-21-22-13-18(28-21)16-7-3-2-4-8-16/h2-9,12-13H,10-11,14H2,1H3,(H,23,25)(H,24,26). The summed E-state index contributed by atoms with van der Waals surface area (Å²) in [5.41, 5.74) is 6.63. The third-order valence-electron chi connectivity index (χ3n) is 3.88. The molecule has 0 atom stereocenters. The van der Waals surface area contributed by atoms with Gasteiger partial charge in [-0.05, 0) is 24.6 Å². The van der Waals surface area contributed by atoms with Gasteiger partial charge in [-0.25, -0.2) is 4.98 Å². The molecule has 2 N–H and O–H groups in total. The predicted molar refractivity (Wildman–Crippen MR) is 103 cm³/mol. The van der Waals surface area contributed by atoms with E-state index in [2.05, 4.69) is 15.8 Å². The Morgan fingerprint density at radius 2 is 1.82 bits per heavy atom. The zero-order chi connectivity index (χ0) is 19.8. The molecule has 0 radical (unpaired) electrons. The Morgan fingerprint density at radius 3 is 2.61 bits per heavy atom. The topological polar surface area (TPSA) is 93.5 Å². The summed E-state index contributed by atoms with van der Waals surface area (Å²) in [4.78, 5) is 27.8. The number of nitrogens with one attached hydrogen (secondary N) is 2. The number of carbonyl (C=O) groups is 2. The van der Waals surface area contributed by atoms with Crippen LogP contribution in [-0.2, 0) is 16.0 Å². The lowest BCUT2D eigenvalue weighted by Gasteiger charge is -2.08. The first-order valence-corrected chi connectivity index (χ1v) is 8.87. The third-order valence-corrected chi connectivity index (χ3v) is 3.88. The Kier molecular flexibility index (Phi) is 6.41. The van der Waals surface area contributed by atoms with Crippen molar-refractivity contribution < 1.29 is 18.7 Å². The van der Waals surface area contributed by atoms with E-state index in [-0.39, 0.29) is 18.9 Å². The van der Waals surface area contributed by atoms with E-state index in [0.717, 1.165) is 11.1 Å². The largest absolute Gasteiger partial charge is 0.484 e. The molecule has 7 heteroatoms. The molecule has 2 amide bonds. The number of amides is 2. The van der Waals surface area contributed by atoms with Crippen molar-refractivity contribution in [1.82, 2.24) is 15.8 Å². The maximum Gasteiger partial charge on any atom is 0.276 e. The van der Waals surface area contributed by atoms with Crippen LogP contribution in [0.1, 0.15) is 17.9 Å². The van der Waals surface area contributed by atoms with Crippen molar-refractivity contribution in [2.45, 2.75) is 19.8 Å². The van der Waals surface area contributed by atoms with Gasteiger partial charge in [-0.3, -0.25) is 20.4 Å². The first-order chi connectivity index (χ1) is 13.6. The maximum atomic E-state index is 11.9. The van der Waals surface area contributed by atoms with Crippen molar-refractivity contribution in [3.8, 4) is 17.1 Å². The molecule has 0 aliphatic carbocycles. The second-order valence-corrected chi connectivity index (χ2v) is 6.19. The number of ether oxygens (including phenoxy) is 1. The number of aryl methyl sites for hydroxylation is 2. The summed E-state index contributed by atoms with van der Waals surface area (Å²) in [6.07, 6.45) is 2.09. The van der Waals surface area contributed by atoms with Crippen molar-refractivity contribution >= 4 is 11.8 Å². The smallest absolute Gasteiger partial charge is 0.276 e. The van der Waals surface area contributed by atoms with Gasteiger partial charge in [0.05, 0.1) is 6.20 Å². The van der Waals surface area contributed by atoms with Crippen LogP contribution in [0.5, 0.6) is 5.75 Å². The summed E-state index contributed by atoms with van der Waals surface area (Å²) < 4.78 is 11.0. The van der Waals surface area contributed by atoms with Gasteiger partial charge >= 0.3 is 0 Å². The minimum atomic E-state index is -0.447. The monoisotopic (exact) mass is 379 g/mol. The Morgan fingerprint density at radius 1 is 1.04 bits per heavy atom. The molecule has 1 aromatic heterocycles. The zero-order valence-corrected chi connectivity index (χ0v) is 15.5. The van der Waals surface area contributed by atoms with Crippen molar-refractivity contribution in [3.05, 3.63) is 72.2 Å². The zero-order valence-electron chi connectivity index (χ0n) is 15.5. The number of hydrogen-bond acceptors (Lipinski definition) is 5. The molecule has 0 saturated carbocycles. The van der Waals surface area contributed by atoms with Crippen LogP contribution < -0.4 is 15.6 Å². The van der Waals surface area contributed by atoms with Gasteiger partial charge in [0, 0.05) is 18.4 Å². The van der Waals surface area contributed by atoms with Crippen LogP contribution in [0, 0.1) is 6.92 Å². The molecule has 144 valence electrons. The summed E-state index contributed by atoms with van der Waals surface area (Å²) in [6.45, 7) is 1.74. The lowest BCUT2D eigenvalue weighted by atomic mass is 10.2. The summed E-state index contributed by atoms with van der Waals surface area (Å²) in [5, 5.41) is 0. The quantitative estimate of drug-likeness (QED) is 0.616. The summed E-state index contributed by atoms with van der Waals surface area (Å²) in [5.74, 6) is 0.918. The molecule has 28 heavy (non-hydrogen) atoms. The highest BCUT2D eigenvalue weighted by molar-refractivity contribution is 5.82. The fourth-order valence-corrected chi connectivity index (χ4v) is 2.47. The number of oxazole rings is 1. The second kappa shape index (κ2) is 9.36. The van der Waals surface area contributed by atoms with Crippen LogP contribution >= 0.6 is 0 Å². The molecule has 3 aromatic rings. The molecular formula is C21H21N3O4. The number of nitrogens with zero attached hydrogens (tertiary/aromatic N) is 1. The molecule has 0 aliphatic heterocycles. The maximum absolute atomic E-state index is 11.9. The highest BCUT2D eigenvalue weighted by atomic mass is 16.5. The van der Waals surface area contributed by atoms with E-state index in [1.807, 2.05) is 55.5 Å². The average molecular weight is 379 g/mol. The van der Waals surface area contributed by atoms with E-state index in [1.165, 1.54) is 0 Å². The SMILES string of the molecule is Cc1cccc(OCC(=O)NNC(=O)CCc2ncc(-c3ccccc3)o2)c1. The van der Waals surface area contributed by atoms with Gasteiger partial charge < -0.3 is 9.15 Å². The van der Waals surface area contributed by atoms with E-state index >= 15 is 0 Å². The number of benzene rings is 2. The van der Waals surface area contributed by atoms with Crippen LogP contribution in [0.25, 0.3) is 11.3 Å².